The van der Waals surface area contributed by atoms with Crippen LogP contribution in [0.5, 0.6) is 0 Å². The molecule has 0 spiro atoms. The van der Waals surface area contributed by atoms with Gasteiger partial charge in [0.25, 0.3) is 5.91 Å². The molecule has 2 aromatic heterocycles. The Balaban J connectivity index is 1.49. The number of halogens is 1. The van der Waals surface area contributed by atoms with Crippen LogP contribution in [0.3, 0.4) is 0 Å². The SMILES string of the molecule is COC(=O)CCCCNCCC(=O)N1CCCC1c1cc(C(=O)Nc2ncc(F)s2)c(C)s1. The normalized spacial score (nSPS) is 15.6. The largest absolute Gasteiger partial charge is 0.469 e. The second-order valence-corrected chi connectivity index (χ2v) is 10.1. The summed E-state index contributed by atoms with van der Waals surface area (Å²) in [4.78, 5) is 44.1. The van der Waals surface area contributed by atoms with E-state index in [1.807, 2.05) is 17.9 Å². The monoisotopic (exact) mass is 496 g/mol. The Morgan fingerprint density at radius 3 is 2.79 bits per heavy atom. The van der Waals surface area contributed by atoms with Gasteiger partial charge in [0.15, 0.2) is 10.3 Å². The Morgan fingerprint density at radius 1 is 1.24 bits per heavy atom. The van der Waals surface area contributed by atoms with Crippen molar-refractivity contribution < 1.29 is 23.5 Å². The van der Waals surface area contributed by atoms with Crippen molar-refractivity contribution in [3.8, 4) is 0 Å². The molecular formula is C22H29FN4O4S2. The average molecular weight is 497 g/mol. The summed E-state index contributed by atoms with van der Waals surface area (Å²) in [7, 11) is 1.38. The first kappa shape index (κ1) is 25.3. The number of aromatic nitrogens is 1. The standard InChI is InChI=1S/C22H29FN4O4S2/c1-14-15(21(30)26-22-25-13-18(23)33-22)12-17(32-14)16-6-5-11-27(16)19(28)8-10-24-9-4-3-7-20(29)31-2/h12-13,16,24H,3-11H2,1-2H3,(H,25,26,30). The summed E-state index contributed by atoms with van der Waals surface area (Å²) in [6.45, 7) is 3.91. The van der Waals surface area contributed by atoms with Gasteiger partial charge in [0.2, 0.25) is 5.91 Å². The van der Waals surface area contributed by atoms with Crippen LogP contribution in [0.2, 0.25) is 0 Å². The molecule has 0 aromatic carbocycles. The summed E-state index contributed by atoms with van der Waals surface area (Å²) >= 11 is 2.30. The lowest BCUT2D eigenvalue weighted by Crippen LogP contribution is -2.32. The Kier molecular flexibility index (Phi) is 9.33. The van der Waals surface area contributed by atoms with E-state index in [0.29, 0.717) is 31.5 Å². The first-order valence-electron chi connectivity index (χ1n) is 11.0. The minimum atomic E-state index is -0.455. The number of carbonyl (C=O) groups excluding carboxylic acids is 3. The van der Waals surface area contributed by atoms with Gasteiger partial charge in [0.1, 0.15) is 0 Å². The number of thiazole rings is 1. The lowest BCUT2D eigenvalue weighted by molar-refractivity contribution is -0.140. The molecule has 1 saturated heterocycles. The Labute approximate surface area is 200 Å². The maximum absolute atomic E-state index is 13.1. The number of methoxy groups -OCH3 is 1. The quantitative estimate of drug-likeness (QED) is 0.362. The second-order valence-electron chi connectivity index (χ2n) is 7.82. The fourth-order valence-electron chi connectivity index (χ4n) is 3.82. The van der Waals surface area contributed by atoms with E-state index in [0.717, 1.165) is 59.5 Å². The number of thiophene rings is 1. The van der Waals surface area contributed by atoms with Crippen molar-refractivity contribution in [1.82, 2.24) is 15.2 Å². The molecule has 2 amide bonds. The number of unbranched alkanes of at least 4 members (excludes halogenated alkanes) is 1. The minimum Gasteiger partial charge on any atom is -0.469 e. The number of nitrogens with zero attached hydrogens (tertiary/aromatic N) is 2. The molecule has 1 atom stereocenters. The van der Waals surface area contributed by atoms with Crippen molar-refractivity contribution in [2.45, 2.75) is 51.5 Å². The molecule has 180 valence electrons. The highest BCUT2D eigenvalue weighted by Crippen LogP contribution is 2.38. The topological polar surface area (TPSA) is 101 Å². The van der Waals surface area contributed by atoms with Crippen LogP contribution in [0, 0.1) is 12.1 Å². The van der Waals surface area contributed by atoms with Crippen molar-refractivity contribution in [3.63, 3.8) is 0 Å². The van der Waals surface area contributed by atoms with Crippen molar-refractivity contribution in [1.29, 1.82) is 0 Å². The highest BCUT2D eigenvalue weighted by molar-refractivity contribution is 7.14. The summed E-state index contributed by atoms with van der Waals surface area (Å²) in [6, 6.07) is 1.81. The maximum Gasteiger partial charge on any atom is 0.305 e. The zero-order chi connectivity index (χ0) is 23.8. The lowest BCUT2D eigenvalue weighted by Gasteiger charge is -2.24. The third-order valence-electron chi connectivity index (χ3n) is 5.51. The van der Waals surface area contributed by atoms with Crippen LogP contribution in [-0.4, -0.2) is 54.4 Å². The predicted octanol–water partition coefficient (Wildman–Crippen LogP) is 3.89. The third kappa shape index (κ3) is 7.05. The Morgan fingerprint density at radius 2 is 2.06 bits per heavy atom. The van der Waals surface area contributed by atoms with Gasteiger partial charge >= 0.3 is 5.97 Å². The number of likely N-dealkylation sites (tertiary alicyclic amines) is 1. The molecule has 3 rings (SSSR count). The summed E-state index contributed by atoms with van der Waals surface area (Å²) < 4.78 is 17.8. The van der Waals surface area contributed by atoms with Gasteiger partial charge in [-0.1, -0.05) is 11.3 Å². The smallest absolute Gasteiger partial charge is 0.305 e. The fraction of sp³-hybridized carbons (Fsp3) is 0.545. The van der Waals surface area contributed by atoms with Crippen LogP contribution in [0.25, 0.3) is 0 Å². The van der Waals surface area contributed by atoms with Crippen molar-refractivity contribution in [2.24, 2.45) is 0 Å². The number of esters is 1. The van der Waals surface area contributed by atoms with E-state index in [2.05, 4.69) is 20.4 Å². The van der Waals surface area contributed by atoms with Gasteiger partial charge in [-0.05, 0) is 45.2 Å². The number of aryl methyl sites for hydroxylation is 1. The molecule has 2 aromatic rings. The number of anilines is 1. The fourth-order valence-corrected chi connectivity index (χ4v) is 5.53. The summed E-state index contributed by atoms with van der Waals surface area (Å²) in [5.74, 6) is -0.432. The van der Waals surface area contributed by atoms with E-state index in [1.54, 1.807) is 0 Å². The molecule has 1 aliphatic heterocycles. The van der Waals surface area contributed by atoms with Crippen LogP contribution in [0.4, 0.5) is 9.52 Å². The van der Waals surface area contributed by atoms with Crippen molar-refractivity contribution >= 4 is 45.6 Å². The summed E-state index contributed by atoms with van der Waals surface area (Å²) in [6.07, 6.45) is 5.29. The molecule has 1 fully saturated rings. The van der Waals surface area contributed by atoms with Crippen LogP contribution >= 0.6 is 22.7 Å². The van der Waals surface area contributed by atoms with E-state index in [-0.39, 0.29) is 29.0 Å². The summed E-state index contributed by atoms with van der Waals surface area (Å²) in [5.41, 5.74) is 0.526. The van der Waals surface area contributed by atoms with Gasteiger partial charge in [0.05, 0.1) is 24.9 Å². The van der Waals surface area contributed by atoms with Crippen molar-refractivity contribution in [2.75, 3.05) is 32.1 Å². The predicted molar refractivity (Wildman–Crippen MR) is 126 cm³/mol. The molecule has 0 aliphatic carbocycles. The van der Waals surface area contributed by atoms with Crippen LogP contribution in [0.15, 0.2) is 12.3 Å². The average Bonchev–Trinajstić information content (AvgIpc) is 3.52. The van der Waals surface area contributed by atoms with Gasteiger partial charge in [-0.3, -0.25) is 19.7 Å². The number of carbonyl (C=O) groups is 3. The number of nitrogens with one attached hydrogen (secondary N) is 2. The van der Waals surface area contributed by atoms with Crippen molar-refractivity contribution in [3.05, 3.63) is 32.7 Å². The van der Waals surface area contributed by atoms with Crippen LogP contribution in [-0.2, 0) is 14.3 Å². The first-order chi connectivity index (χ1) is 15.9. The maximum atomic E-state index is 13.1. The van der Waals surface area contributed by atoms with E-state index < -0.39 is 5.13 Å². The number of hydrogen-bond acceptors (Lipinski definition) is 8. The van der Waals surface area contributed by atoms with Crippen LogP contribution < -0.4 is 10.6 Å². The molecule has 33 heavy (non-hydrogen) atoms. The zero-order valence-corrected chi connectivity index (χ0v) is 20.5. The molecule has 1 aliphatic rings. The molecule has 0 saturated carbocycles. The van der Waals surface area contributed by atoms with E-state index >= 15 is 0 Å². The molecule has 0 radical (unpaired) electrons. The Bertz CT molecular complexity index is 978. The highest BCUT2D eigenvalue weighted by Gasteiger charge is 2.31. The third-order valence-corrected chi connectivity index (χ3v) is 7.36. The van der Waals surface area contributed by atoms with Crippen LogP contribution in [0.1, 0.15) is 64.7 Å². The van der Waals surface area contributed by atoms with E-state index in [1.165, 1.54) is 18.4 Å². The number of hydrogen-bond donors (Lipinski definition) is 2. The number of amides is 2. The highest BCUT2D eigenvalue weighted by atomic mass is 32.1. The molecule has 8 nitrogen and oxygen atoms in total. The molecule has 11 heteroatoms. The molecular weight excluding hydrogens is 467 g/mol. The van der Waals surface area contributed by atoms with Gasteiger partial charge in [0, 0.05) is 35.7 Å². The van der Waals surface area contributed by atoms with E-state index in [4.69, 9.17) is 0 Å². The lowest BCUT2D eigenvalue weighted by atomic mass is 10.1. The second kappa shape index (κ2) is 12.2. The first-order valence-corrected chi connectivity index (χ1v) is 12.6. The van der Waals surface area contributed by atoms with Gasteiger partial charge in [-0.25, -0.2) is 4.98 Å². The van der Waals surface area contributed by atoms with Gasteiger partial charge < -0.3 is 15.0 Å². The minimum absolute atomic E-state index is 0.0277. The molecule has 2 N–H and O–H groups in total. The van der Waals surface area contributed by atoms with Gasteiger partial charge in [-0.15, -0.1) is 11.3 Å². The Hall–Kier alpha value is -2.37. The zero-order valence-electron chi connectivity index (χ0n) is 18.8. The molecule has 1 unspecified atom stereocenters. The molecule has 3 heterocycles. The molecule has 0 bridgehead atoms. The number of rotatable bonds is 11. The van der Waals surface area contributed by atoms with E-state index in [9.17, 15) is 18.8 Å². The summed E-state index contributed by atoms with van der Waals surface area (Å²) in [5, 5.41) is 5.66. The van der Waals surface area contributed by atoms with Gasteiger partial charge in [-0.2, -0.15) is 4.39 Å². The number of ether oxygens (including phenoxy) is 1.